The van der Waals surface area contributed by atoms with E-state index in [4.69, 9.17) is 9.73 Å². The van der Waals surface area contributed by atoms with Gasteiger partial charge in [0.1, 0.15) is 0 Å². The molecule has 0 radical (unpaired) electrons. The van der Waals surface area contributed by atoms with Gasteiger partial charge < -0.3 is 4.74 Å². The van der Waals surface area contributed by atoms with Crippen LogP contribution in [0.1, 0.15) is 29.3 Å². The molecule has 0 N–H and O–H groups in total. The van der Waals surface area contributed by atoms with Crippen molar-refractivity contribution >= 4 is 22.6 Å². The van der Waals surface area contributed by atoms with E-state index in [-0.39, 0.29) is 11.1 Å². The molecule has 0 saturated carbocycles. The van der Waals surface area contributed by atoms with Crippen LogP contribution >= 0.6 is 0 Å². The van der Waals surface area contributed by atoms with Crippen LogP contribution in [0.15, 0.2) is 101 Å². The summed E-state index contributed by atoms with van der Waals surface area (Å²) in [6.07, 6.45) is 0. The Bertz CT molecular complexity index is 1330. The van der Waals surface area contributed by atoms with Crippen LogP contribution in [0, 0.1) is 0 Å². The maximum Gasteiger partial charge on any atom is 0.335 e. The van der Waals surface area contributed by atoms with Gasteiger partial charge in [-0.25, -0.2) is 4.79 Å². The van der Waals surface area contributed by atoms with E-state index in [0.717, 1.165) is 17.2 Å². The maximum absolute atomic E-state index is 13.6. The number of benzene rings is 3. The monoisotopic (exact) mass is 446 g/mol. The highest BCUT2D eigenvalue weighted by Gasteiger charge is 2.27. The number of rotatable bonds is 6. The number of esters is 1. The van der Waals surface area contributed by atoms with Crippen LogP contribution in [0.25, 0.3) is 10.9 Å². The van der Waals surface area contributed by atoms with Crippen molar-refractivity contribution in [2.75, 3.05) is 7.11 Å². The number of hydrogen-bond acceptors (Lipinski definition) is 4. The van der Waals surface area contributed by atoms with Crippen LogP contribution in [0.3, 0.4) is 0 Å². The number of ether oxygens (including phenoxy) is 1. The summed E-state index contributed by atoms with van der Waals surface area (Å²) in [5, 5.41) is 0.317. The highest BCUT2D eigenvalue weighted by Crippen LogP contribution is 2.29. The predicted octanol–water partition coefficient (Wildman–Crippen LogP) is 5.15. The van der Waals surface area contributed by atoms with E-state index in [1.165, 1.54) is 13.2 Å². The second-order valence-corrected chi connectivity index (χ2v) is 7.24. The fourth-order valence-corrected chi connectivity index (χ4v) is 3.75. The zero-order valence-electron chi connectivity index (χ0n) is 17.7. The lowest BCUT2D eigenvalue weighted by Crippen LogP contribution is -2.24. The molecule has 3 aromatic carbocycles. The molecule has 1 aromatic heterocycles. The van der Waals surface area contributed by atoms with Crippen LogP contribution < -0.4 is 5.56 Å². The average Bonchev–Trinajstić information content (AvgIpc) is 2.84. The molecular weight excluding hydrogens is 426 g/mol. The molecular formula is C26H20F2N2O3. The van der Waals surface area contributed by atoms with Gasteiger partial charge in [0.25, 0.3) is 5.56 Å². The number of alkyl halides is 2. The molecule has 0 spiro atoms. The highest BCUT2D eigenvalue weighted by atomic mass is 19.3. The van der Waals surface area contributed by atoms with Gasteiger partial charge in [0.15, 0.2) is 6.04 Å². The number of carbonyl (C=O) groups excluding carboxylic acids is 1. The summed E-state index contributed by atoms with van der Waals surface area (Å²) >= 11 is 0. The number of carbonyl (C=O) groups is 1. The molecule has 7 heteroatoms. The minimum Gasteiger partial charge on any atom is -0.467 e. The molecule has 4 rings (SSSR count). The van der Waals surface area contributed by atoms with Gasteiger partial charge in [-0.15, -0.1) is 0 Å². The maximum atomic E-state index is 13.6. The van der Waals surface area contributed by atoms with Crippen molar-refractivity contribution in [3.8, 4) is 0 Å². The van der Waals surface area contributed by atoms with Crippen molar-refractivity contribution in [2.24, 2.45) is 4.99 Å². The van der Waals surface area contributed by atoms with Crippen LogP contribution in [0.4, 0.5) is 8.78 Å². The van der Waals surface area contributed by atoms with Crippen LogP contribution in [0.2, 0.25) is 0 Å². The van der Waals surface area contributed by atoms with Crippen molar-refractivity contribution < 1.29 is 18.3 Å². The SMILES string of the molecule is COC(=O)C(N=C(c1ccccc1)c1ccccc1)c1cc(=O)n(C(F)F)c2ccccc12. The van der Waals surface area contributed by atoms with Crippen molar-refractivity contribution in [2.45, 2.75) is 12.6 Å². The summed E-state index contributed by atoms with van der Waals surface area (Å²) in [4.78, 5) is 30.2. The van der Waals surface area contributed by atoms with Crippen molar-refractivity contribution in [1.29, 1.82) is 0 Å². The molecule has 0 fully saturated rings. The van der Waals surface area contributed by atoms with Gasteiger partial charge in [-0.3, -0.25) is 14.4 Å². The Balaban J connectivity index is 2.01. The van der Waals surface area contributed by atoms with Gasteiger partial charge in [-0.1, -0.05) is 78.9 Å². The number of halogens is 2. The molecule has 0 saturated heterocycles. The first-order valence-electron chi connectivity index (χ1n) is 10.2. The summed E-state index contributed by atoms with van der Waals surface area (Å²) < 4.78 is 32.6. The smallest absolute Gasteiger partial charge is 0.335 e. The largest absolute Gasteiger partial charge is 0.467 e. The minimum absolute atomic E-state index is 0.0140. The van der Waals surface area contributed by atoms with Crippen LogP contribution in [-0.2, 0) is 9.53 Å². The molecule has 5 nitrogen and oxygen atoms in total. The van der Waals surface area contributed by atoms with E-state index in [1.807, 2.05) is 60.7 Å². The molecule has 0 amide bonds. The number of hydrogen-bond donors (Lipinski definition) is 0. The number of aliphatic imine (C=N–C) groups is 1. The van der Waals surface area contributed by atoms with Gasteiger partial charge in [0, 0.05) is 28.1 Å². The summed E-state index contributed by atoms with van der Waals surface area (Å²) in [7, 11) is 1.22. The normalized spacial score (nSPS) is 11.9. The molecule has 0 bridgehead atoms. The Morgan fingerprint density at radius 1 is 0.879 bits per heavy atom. The van der Waals surface area contributed by atoms with Gasteiger partial charge >= 0.3 is 12.5 Å². The first-order chi connectivity index (χ1) is 16.0. The van der Waals surface area contributed by atoms with Crippen LogP contribution in [0.5, 0.6) is 0 Å². The number of pyridine rings is 1. The topological polar surface area (TPSA) is 60.7 Å². The summed E-state index contributed by atoms with van der Waals surface area (Å²) in [5.41, 5.74) is 1.30. The Morgan fingerprint density at radius 3 is 1.97 bits per heavy atom. The Hall–Kier alpha value is -4.13. The predicted molar refractivity (Wildman–Crippen MR) is 123 cm³/mol. The quantitative estimate of drug-likeness (QED) is 0.304. The van der Waals surface area contributed by atoms with E-state index in [9.17, 15) is 18.4 Å². The van der Waals surface area contributed by atoms with E-state index in [0.29, 0.717) is 15.7 Å². The molecule has 166 valence electrons. The van der Waals surface area contributed by atoms with E-state index < -0.39 is 24.1 Å². The first-order valence-corrected chi connectivity index (χ1v) is 10.2. The zero-order chi connectivity index (χ0) is 23.4. The molecule has 4 aromatic rings. The molecule has 1 heterocycles. The van der Waals surface area contributed by atoms with Crippen molar-refractivity contribution in [3.63, 3.8) is 0 Å². The number of methoxy groups -OCH3 is 1. The molecule has 1 unspecified atom stereocenters. The summed E-state index contributed by atoms with van der Waals surface area (Å²) in [5.74, 6) is -0.710. The lowest BCUT2D eigenvalue weighted by Gasteiger charge is -2.18. The van der Waals surface area contributed by atoms with Gasteiger partial charge in [-0.2, -0.15) is 8.78 Å². The van der Waals surface area contributed by atoms with Crippen LogP contribution in [-0.4, -0.2) is 23.4 Å². The summed E-state index contributed by atoms with van der Waals surface area (Å²) in [6.45, 7) is -3.03. The summed E-state index contributed by atoms with van der Waals surface area (Å²) in [6, 6.07) is 24.5. The number of nitrogens with zero attached hydrogens (tertiary/aromatic N) is 2. The second-order valence-electron chi connectivity index (χ2n) is 7.24. The average molecular weight is 446 g/mol. The molecule has 0 aliphatic carbocycles. The minimum atomic E-state index is -3.03. The highest BCUT2D eigenvalue weighted by molar-refractivity contribution is 6.13. The fraction of sp³-hybridized carbons (Fsp3) is 0.115. The lowest BCUT2D eigenvalue weighted by molar-refractivity contribution is -0.142. The Labute approximate surface area is 188 Å². The molecule has 0 aliphatic heterocycles. The Kier molecular flexibility index (Phi) is 6.40. The Morgan fingerprint density at radius 2 is 1.42 bits per heavy atom. The third kappa shape index (κ3) is 4.43. The van der Waals surface area contributed by atoms with Crippen molar-refractivity contribution in [1.82, 2.24) is 4.57 Å². The van der Waals surface area contributed by atoms with E-state index in [1.54, 1.807) is 18.2 Å². The molecule has 1 atom stereocenters. The standard InChI is InChI=1S/C26H20F2N2O3/c1-33-25(32)24(20-16-22(31)30(26(27)28)21-15-9-8-14-19(20)21)29-23(17-10-4-2-5-11-17)18-12-6-3-7-13-18/h2-16,24,26H,1H3. The third-order valence-electron chi connectivity index (χ3n) is 5.26. The van der Waals surface area contributed by atoms with E-state index in [2.05, 4.69) is 0 Å². The lowest BCUT2D eigenvalue weighted by atomic mass is 9.99. The van der Waals surface area contributed by atoms with Gasteiger partial charge in [0.05, 0.1) is 18.3 Å². The molecule has 33 heavy (non-hydrogen) atoms. The number of fused-ring (bicyclic) bond motifs is 1. The van der Waals surface area contributed by atoms with Crippen molar-refractivity contribution in [3.05, 3.63) is 118 Å². The fourth-order valence-electron chi connectivity index (χ4n) is 3.75. The third-order valence-corrected chi connectivity index (χ3v) is 5.26. The number of para-hydroxylation sites is 1. The molecule has 0 aliphatic rings. The number of aromatic nitrogens is 1. The zero-order valence-corrected chi connectivity index (χ0v) is 17.7. The van der Waals surface area contributed by atoms with Gasteiger partial charge in [-0.05, 0) is 6.07 Å². The first kappa shape index (κ1) is 22.1. The second kappa shape index (κ2) is 9.56. The van der Waals surface area contributed by atoms with E-state index >= 15 is 0 Å². The van der Waals surface area contributed by atoms with Gasteiger partial charge in [0.2, 0.25) is 0 Å².